The number of benzene rings is 1. The first-order valence-electron chi connectivity index (χ1n) is 6.36. The van der Waals surface area contributed by atoms with E-state index in [0.29, 0.717) is 11.4 Å². The molecule has 0 amide bonds. The van der Waals surface area contributed by atoms with Crippen molar-refractivity contribution in [2.24, 2.45) is 0 Å². The van der Waals surface area contributed by atoms with Crippen molar-refractivity contribution >= 4 is 17.1 Å². The Morgan fingerprint density at radius 1 is 1.29 bits per heavy atom. The molecule has 106 valence electrons. The standard InChI is InChI=1S/C15H12N2O3S/c1-10-5-2-3-6-11(10)12(18)9-17-14(16-20-15(17)19)13-7-4-8-21-13/h2-8H,9H2,1H3. The molecule has 0 saturated heterocycles. The van der Waals surface area contributed by atoms with Gasteiger partial charge in [0.15, 0.2) is 11.6 Å². The van der Waals surface area contributed by atoms with Gasteiger partial charge in [-0.25, -0.2) is 9.36 Å². The van der Waals surface area contributed by atoms with Gasteiger partial charge in [0.2, 0.25) is 0 Å². The lowest BCUT2D eigenvalue weighted by Crippen LogP contribution is -2.21. The summed E-state index contributed by atoms with van der Waals surface area (Å²) in [4.78, 5) is 24.9. The number of aromatic nitrogens is 2. The van der Waals surface area contributed by atoms with Crippen molar-refractivity contribution < 1.29 is 9.32 Å². The number of aryl methyl sites for hydroxylation is 1. The Balaban J connectivity index is 1.96. The lowest BCUT2D eigenvalue weighted by molar-refractivity contribution is 0.0969. The van der Waals surface area contributed by atoms with E-state index in [4.69, 9.17) is 4.52 Å². The Labute approximate surface area is 124 Å². The molecule has 0 N–H and O–H groups in total. The van der Waals surface area contributed by atoms with Crippen LogP contribution >= 0.6 is 11.3 Å². The van der Waals surface area contributed by atoms with Crippen LogP contribution in [-0.4, -0.2) is 15.5 Å². The first-order chi connectivity index (χ1) is 10.2. The molecule has 3 rings (SSSR count). The molecule has 0 fully saturated rings. The van der Waals surface area contributed by atoms with Gasteiger partial charge in [-0.15, -0.1) is 11.3 Å². The van der Waals surface area contributed by atoms with E-state index < -0.39 is 5.76 Å². The molecule has 1 aromatic carbocycles. The van der Waals surface area contributed by atoms with Crippen LogP contribution in [0.2, 0.25) is 0 Å². The predicted molar refractivity (Wildman–Crippen MR) is 79.6 cm³/mol. The van der Waals surface area contributed by atoms with Crippen molar-refractivity contribution in [1.29, 1.82) is 0 Å². The van der Waals surface area contributed by atoms with Gasteiger partial charge < -0.3 is 0 Å². The summed E-state index contributed by atoms with van der Waals surface area (Å²) in [7, 11) is 0. The maximum atomic E-state index is 12.4. The number of ketones is 1. The van der Waals surface area contributed by atoms with Crippen LogP contribution in [0.25, 0.3) is 10.7 Å². The van der Waals surface area contributed by atoms with Crippen LogP contribution < -0.4 is 5.76 Å². The normalized spacial score (nSPS) is 10.7. The van der Waals surface area contributed by atoms with E-state index in [0.717, 1.165) is 10.4 Å². The Morgan fingerprint density at radius 2 is 2.10 bits per heavy atom. The van der Waals surface area contributed by atoms with E-state index in [1.807, 2.05) is 36.6 Å². The second kappa shape index (κ2) is 5.49. The van der Waals surface area contributed by atoms with E-state index in [2.05, 4.69) is 5.16 Å². The van der Waals surface area contributed by atoms with Crippen molar-refractivity contribution in [3.8, 4) is 10.7 Å². The number of Topliss-reactive ketones (excluding diaryl/α,β-unsaturated/α-hetero) is 1. The third kappa shape index (κ3) is 2.57. The fraction of sp³-hybridized carbons (Fsp3) is 0.133. The van der Waals surface area contributed by atoms with Crippen LogP contribution in [0.3, 0.4) is 0 Å². The van der Waals surface area contributed by atoms with Crippen LogP contribution in [0.5, 0.6) is 0 Å². The third-order valence-corrected chi connectivity index (χ3v) is 4.04. The molecule has 0 atom stereocenters. The molecule has 5 nitrogen and oxygen atoms in total. The molecular weight excluding hydrogens is 288 g/mol. The fourth-order valence-electron chi connectivity index (χ4n) is 2.11. The minimum absolute atomic E-state index is 0.0829. The molecular formula is C15H12N2O3S. The summed E-state index contributed by atoms with van der Waals surface area (Å²) < 4.78 is 5.96. The molecule has 0 aliphatic heterocycles. The molecule has 0 saturated carbocycles. The lowest BCUT2D eigenvalue weighted by atomic mass is 10.1. The van der Waals surface area contributed by atoms with Gasteiger partial charge in [0.1, 0.15) is 0 Å². The van der Waals surface area contributed by atoms with Gasteiger partial charge in [-0.05, 0) is 23.9 Å². The predicted octanol–water partition coefficient (Wildman–Crippen LogP) is 2.76. The van der Waals surface area contributed by atoms with Crippen LogP contribution in [-0.2, 0) is 6.54 Å². The summed E-state index contributed by atoms with van der Waals surface area (Å²) in [6.45, 7) is 1.78. The topological polar surface area (TPSA) is 65.1 Å². The Hall–Kier alpha value is -2.47. The van der Waals surface area contributed by atoms with Crippen molar-refractivity contribution in [2.75, 3.05) is 0 Å². The SMILES string of the molecule is Cc1ccccc1C(=O)Cn1c(-c2cccs2)noc1=O. The summed E-state index contributed by atoms with van der Waals surface area (Å²) in [6, 6.07) is 11.0. The molecule has 0 bridgehead atoms. The zero-order valence-corrected chi connectivity index (χ0v) is 12.1. The quantitative estimate of drug-likeness (QED) is 0.695. The average Bonchev–Trinajstić information content (AvgIpc) is 3.10. The van der Waals surface area contributed by atoms with Gasteiger partial charge >= 0.3 is 5.76 Å². The van der Waals surface area contributed by atoms with E-state index in [9.17, 15) is 9.59 Å². The summed E-state index contributed by atoms with van der Waals surface area (Å²) in [6.07, 6.45) is 0. The zero-order chi connectivity index (χ0) is 14.8. The second-order valence-corrected chi connectivity index (χ2v) is 5.52. The molecule has 0 spiro atoms. The van der Waals surface area contributed by atoms with Crippen LogP contribution in [0.1, 0.15) is 15.9 Å². The maximum absolute atomic E-state index is 12.4. The lowest BCUT2D eigenvalue weighted by Gasteiger charge is -2.05. The summed E-state index contributed by atoms with van der Waals surface area (Å²) in [5.74, 6) is -0.381. The highest BCUT2D eigenvalue weighted by Gasteiger charge is 2.18. The Kier molecular flexibility index (Phi) is 3.53. The van der Waals surface area contributed by atoms with E-state index in [1.165, 1.54) is 15.9 Å². The molecule has 0 aliphatic rings. The highest BCUT2D eigenvalue weighted by Crippen LogP contribution is 2.22. The highest BCUT2D eigenvalue weighted by atomic mass is 32.1. The van der Waals surface area contributed by atoms with Crippen LogP contribution in [0, 0.1) is 6.92 Å². The van der Waals surface area contributed by atoms with Gasteiger partial charge in [0, 0.05) is 5.56 Å². The largest absolute Gasteiger partial charge is 0.442 e. The minimum atomic E-state index is -0.625. The third-order valence-electron chi connectivity index (χ3n) is 3.18. The summed E-state index contributed by atoms with van der Waals surface area (Å²) >= 11 is 1.44. The van der Waals surface area contributed by atoms with Crippen molar-refractivity contribution in [1.82, 2.24) is 9.72 Å². The number of hydrogen-bond acceptors (Lipinski definition) is 5. The van der Waals surface area contributed by atoms with E-state index in [-0.39, 0.29) is 12.3 Å². The fourth-order valence-corrected chi connectivity index (χ4v) is 2.82. The molecule has 6 heteroatoms. The molecule has 0 radical (unpaired) electrons. The molecule has 0 aliphatic carbocycles. The number of carbonyl (C=O) groups is 1. The number of rotatable bonds is 4. The van der Waals surface area contributed by atoms with Gasteiger partial charge in [0.05, 0.1) is 11.4 Å². The molecule has 0 unspecified atom stereocenters. The first kappa shape index (κ1) is 13.5. The van der Waals surface area contributed by atoms with E-state index in [1.54, 1.807) is 12.1 Å². The smallest absolute Gasteiger partial charge is 0.295 e. The number of carbonyl (C=O) groups excluding carboxylic acids is 1. The molecule has 21 heavy (non-hydrogen) atoms. The second-order valence-electron chi connectivity index (χ2n) is 4.57. The minimum Gasteiger partial charge on any atom is -0.295 e. The van der Waals surface area contributed by atoms with Gasteiger partial charge in [0.25, 0.3) is 0 Å². The molecule has 2 aromatic heterocycles. The maximum Gasteiger partial charge on any atom is 0.442 e. The van der Waals surface area contributed by atoms with Gasteiger partial charge in [-0.1, -0.05) is 35.5 Å². The van der Waals surface area contributed by atoms with Crippen molar-refractivity contribution in [3.05, 3.63) is 63.5 Å². The number of hydrogen-bond donors (Lipinski definition) is 0. The van der Waals surface area contributed by atoms with E-state index >= 15 is 0 Å². The van der Waals surface area contributed by atoms with Gasteiger partial charge in [-0.2, -0.15) is 0 Å². The highest BCUT2D eigenvalue weighted by molar-refractivity contribution is 7.13. The molecule has 3 aromatic rings. The van der Waals surface area contributed by atoms with Crippen molar-refractivity contribution in [2.45, 2.75) is 13.5 Å². The Bertz CT molecular complexity index is 831. The molecule has 2 heterocycles. The first-order valence-corrected chi connectivity index (χ1v) is 7.24. The Morgan fingerprint density at radius 3 is 2.81 bits per heavy atom. The zero-order valence-electron chi connectivity index (χ0n) is 11.3. The number of nitrogens with zero attached hydrogens (tertiary/aromatic N) is 2. The monoisotopic (exact) mass is 300 g/mol. The summed E-state index contributed by atoms with van der Waals surface area (Å²) in [5, 5.41) is 5.64. The van der Waals surface area contributed by atoms with Crippen LogP contribution in [0.4, 0.5) is 0 Å². The van der Waals surface area contributed by atoms with Gasteiger partial charge in [-0.3, -0.25) is 9.32 Å². The average molecular weight is 300 g/mol. The summed E-state index contributed by atoms with van der Waals surface area (Å²) in [5.41, 5.74) is 1.48. The number of thiophene rings is 1. The van der Waals surface area contributed by atoms with Crippen LogP contribution in [0.15, 0.2) is 51.1 Å². The van der Waals surface area contributed by atoms with Crippen molar-refractivity contribution in [3.63, 3.8) is 0 Å².